The average molecular weight is 164 g/mol. The van der Waals surface area contributed by atoms with E-state index in [1.165, 1.54) is 18.4 Å². The Balaban J connectivity index is 2.73. The predicted octanol–water partition coefficient (Wildman–Crippen LogP) is 3.80. The first-order valence-electron chi connectivity index (χ1n) is 4.99. The molecule has 0 N–H and O–H groups in total. The van der Waals surface area contributed by atoms with Gasteiger partial charge in [0.2, 0.25) is 0 Å². The zero-order chi connectivity index (χ0) is 9.14. The first-order valence-corrected chi connectivity index (χ1v) is 4.99. The van der Waals surface area contributed by atoms with Crippen LogP contribution in [0.4, 0.5) is 0 Å². The molecule has 1 aliphatic rings. The van der Waals surface area contributed by atoms with Gasteiger partial charge >= 0.3 is 0 Å². The third-order valence-corrected chi connectivity index (χ3v) is 3.00. The lowest BCUT2D eigenvalue weighted by molar-refractivity contribution is 0.376. The maximum absolute atomic E-state index is 3.86. The summed E-state index contributed by atoms with van der Waals surface area (Å²) in [6.45, 7) is 10.8. The smallest absolute Gasteiger partial charge is 0.0193 e. The van der Waals surface area contributed by atoms with E-state index in [-0.39, 0.29) is 0 Å². The van der Waals surface area contributed by atoms with Crippen LogP contribution in [0.2, 0.25) is 0 Å². The molecule has 0 amide bonds. The molecule has 0 saturated heterocycles. The van der Waals surface area contributed by atoms with Crippen LogP contribution in [0.1, 0.15) is 33.6 Å². The molecule has 0 saturated carbocycles. The Kier molecular flexibility index (Phi) is 3.13. The first kappa shape index (κ1) is 9.57. The number of allylic oxidation sites excluding steroid dienone is 3. The van der Waals surface area contributed by atoms with E-state index in [9.17, 15) is 0 Å². The Bertz CT molecular complexity index is 186. The molecule has 0 aromatic heterocycles. The van der Waals surface area contributed by atoms with Crippen LogP contribution in [-0.2, 0) is 0 Å². The van der Waals surface area contributed by atoms with Crippen LogP contribution in [0.25, 0.3) is 0 Å². The minimum absolute atomic E-state index is 0.734. The van der Waals surface area contributed by atoms with E-state index in [4.69, 9.17) is 0 Å². The summed E-state index contributed by atoms with van der Waals surface area (Å²) in [5, 5.41) is 0. The van der Waals surface area contributed by atoms with Crippen molar-refractivity contribution < 1.29 is 0 Å². The van der Waals surface area contributed by atoms with Crippen LogP contribution in [0.5, 0.6) is 0 Å². The minimum atomic E-state index is 0.734. The largest absolute Gasteiger partial charge is 0.0988 e. The highest BCUT2D eigenvalue weighted by Crippen LogP contribution is 2.32. The Morgan fingerprint density at radius 2 is 2.17 bits per heavy atom. The summed E-state index contributed by atoms with van der Waals surface area (Å²) >= 11 is 0. The Morgan fingerprint density at radius 3 is 2.67 bits per heavy atom. The maximum Gasteiger partial charge on any atom is -0.0193 e. The first-order chi connectivity index (χ1) is 5.65. The molecular weight excluding hydrogens is 144 g/mol. The number of rotatable bonds is 2. The fourth-order valence-corrected chi connectivity index (χ4v) is 1.90. The lowest BCUT2D eigenvalue weighted by Gasteiger charge is -2.27. The second-order valence-corrected chi connectivity index (χ2v) is 4.26. The molecule has 0 aromatic carbocycles. The van der Waals surface area contributed by atoms with Crippen molar-refractivity contribution in [1.29, 1.82) is 0 Å². The second kappa shape index (κ2) is 3.93. The van der Waals surface area contributed by atoms with Gasteiger partial charge < -0.3 is 0 Å². The van der Waals surface area contributed by atoms with Gasteiger partial charge in [0, 0.05) is 0 Å². The molecule has 0 unspecified atom stereocenters. The third-order valence-electron chi connectivity index (χ3n) is 3.00. The van der Waals surface area contributed by atoms with E-state index in [0.717, 1.165) is 17.8 Å². The van der Waals surface area contributed by atoms with Gasteiger partial charge in [-0.05, 0) is 36.2 Å². The monoisotopic (exact) mass is 164 g/mol. The van der Waals surface area contributed by atoms with Crippen LogP contribution in [0.3, 0.4) is 0 Å². The molecule has 0 heteroatoms. The molecule has 0 fully saturated rings. The van der Waals surface area contributed by atoms with E-state index in [0.29, 0.717) is 0 Å². The molecule has 2 atom stereocenters. The molecule has 68 valence electrons. The van der Waals surface area contributed by atoms with Crippen molar-refractivity contribution in [1.82, 2.24) is 0 Å². The fraction of sp³-hybridized carbons (Fsp3) is 0.667. The molecule has 1 aliphatic carbocycles. The van der Waals surface area contributed by atoms with Gasteiger partial charge in [-0.15, -0.1) is 0 Å². The molecule has 12 heavy (non-hydrogen) atoms. The molecule has 0 spiro atoms. The summed E-state index contributed by atoms with van der Waals surface area (Å²) < 4.78 is 0. The van der Waals surface area contributed by atoms with Crippen molar-refractivity contribution in [2.24, 2.45) is 17.8 Å². The standard InChI is InChI=1S/C12H20/c1-5-11-8-12(9(2)3)7-6-10(11)4/h5,8-10,12H,1,6-7H2,2-4H3/t10-,12-/m1/s1. The maximum atomic E-state index is 3.86. The van der Waals surface area contributed by atoms with Crippen LogP contribution < -0.4 is 0 Å². The van der Waals surface area contributed by atoms with Crippen molar-refractivity contribution in [3.8, 4) is 0 Å². The van der Waals surface area contributed by atoms with Crippen molar-refractivity contribution >= 4 is 0 Å². The van der Waals surface area contributed by atoms with E-state index in [1.807, 2.05) is 6.08 Å². The van der Waals surface area contributed by atoms with Crippen LogP contribution in [0.15, 0.2) is 24.3 Å². The molecule has 0 radical (unpaired) electrons. The number of hydrogen-bond acceptors (Lipinski definition) is 0. The van der Waals surface area contributed by atoms with E-state index >= 15 is 0 Å². The summed E-state index contributed by atoms with van der Waals surface area (Å²) in [5.41, 5.74) is 1.46. The molecule has 0 aromatic rings. The Morgan fingerprint density at radius 1 is 1.50 bits per heavy atom. The summed E-state index contributed by atoms with van der Waals surface area (Å²) in [5.74, 6) is 2.30. The topological polar surface area (TPSA) is 0 Å². The van der Waals surface area contributed by atoms with Crippen LogP contribution in [0, 0.1) is 17.8 Å². The Hall–Kier alpha value is -0.520. The van der Waals surface area contributed by atoms with Crippen LogP contribution in [-0.4, -0.2) is 0 Å². The van der Waals surface area contributed by atoms with E-state index < -0.39 is 0 Å². The zero-order valence-corrected chi connectivity index (χ0v) is 8.51. The summed E-state index contributed by atoms with van der Waals surface area (Å²) in [6.07, 6.45) is 7.14. The average Bonchev–Trinajstić information content (AvgIpc) is 2.05. The fourth-order valence-electron chi connectivity index (χ4n) is 1.90. The quantitative estimate of drug-likeness (QED) is 0.582. The van der Waals surface area contributed by atoms with E-state index in [1.54, 1.807) is 0 Å². The van der Waals surface area contributed by atoms with E-state index in [2.05, 4.69) is 33.4 Å². The van der Waals surface area contributed by atoms with Gasteiger partial charge in [0.15, 0.2) is 0 Å². The Labute approximate surface area is 76.4 Å². The van der Waals surface area contributed by atoms with Gasteiger partial charge in [-0.25, -0.2) is 0 Å². The molecule has 0 heterocycles. The SMILES string of the molecule is C=CC1=C[C@H](C(C)C)CC[C@H]1C. The van der Waals surface area contributed by atoms with Gasteiger partial charge in [0.05, 0.1) is 0 Å². The van der Waals surface area contributed by atoms with Gasteiger partial charge in [0.25, 0.3) is 0 Å². The minimum Gasteiger partial charge on any atom is -0.0988 e. The summed E-state index contributed by atoms with van der Waals surface area (Å²) in [7, 11) is 0. The van der Waals surface area contributed by atoms with Gasteiger partial charge in [0.1, 0.15) is 0 Å². The summed E-state index contributed by atoms with van der Waals surface area (Å²) in [4.78, 5) is 0. The number of hydrogen-bond donors (Lipinski definition) is 0. The highest BCUT2D eigenvalue weighted by Gasteiger charge is 2.19. The van der Waals surface area contributed by atoms with Crippen molar-refractivity contribution in [2.45, 2.75) is 33.6 Å². The molecule has 0 bridgehead atoms. The van der Waals surface area contributed by atoms with Gasteiger partial charge in [-0.2, -0.15) is 0 Å². The van der Waals surface area contributed by atoms with Gasteiger partial charge in [-0.1, -0.05) is 39.5 Å². The summed E-state index contributed by atoms with van der Waals surface area (Å²) in [6, 6.07) is 0. The normalized spacial score (nSPS) is 30.2. The highest BCUT2D eigenvalue weighted by atomic mass is 14.2. The highest BCUT2D eigenvalue weighted by molar-refractivity contribution is 5.22. The van der Waals surface area contributed by atoms with Crippen molar-refractivity contribution in [2.75, 3.05) is 0 Å². The van der Waals surface area contributed by atoms with Gasteiger partial charge in [-0.3, -0.25) is 0 Å². The third kappa shape index (κ3) is 2.00. The van der Waals surface area contributed by atoms with Crippen molar-refractivity contribution in [3.05, 3.63) is 24.3 Å². The predicted molar refractivity (Wildman–Crippen MR) is 55.0 cm³/mol. The molecular formula is C12H20. The molecule has 0 nitrogen and oxygen atoms in total. The molecule has 0 aliphatic heterocycles. The molecule has 1 rings (SSSR count). The van der Waals surface area contributed by atoms with Crippen molar-refractivity contribution in [3.63, 3.8) is 0 Å². The lowest BCUT2D eigenvalue weighted by Crippen LogP contribution is -2.15. The van der Waals surface area contributed by atoms with Crippen LogP contribution >= 0.6 is 0 Å². The second-order valence-electron chi connectivity index (χ2n) is 4.26. The lowest BCUT2D eigenvalue weighted by atomic mass is 9.79. The zero-order valence-electron chi connectivity index (χ0n) is 8.51.